The molecule has 0 aromatic carbocycles. The zero-order valence-corrected chi connectivity index (χ0v) is 16.6. The molecular formula is C19H31N3O2S. The Morgan fingerprint density at radius 2 is 2.04 bits per heavy atom. The molecule has 0 bridgehead atoms. The van der Waals surface area contributed by atoms with Crippen molar-refractivity contribution in [3.05, 3.63) is 10.6 Å². The van der Waals surface area contributed by atoms with E-state index in [4.69, 9.17) is 4.74 Å². The summed E-state index contributed by atoms with van der Waals surface area (Å²) in [6, 6.07) is 0. The number of hydrogen-bond acceptors (Lipinski definition) is 6. The summed E-state index contributed by atoms with van der Waals surface area (Å²) in [6.07, 6.45) is 5.19. The van der Waals surface area contributed by atoms with Crippen LogP contribution in [0, 0.1) is 18.8 Å². The number of thiazole rings is 1. The van der Waals surface area contributed by atoms with Gasteiger partial charge in [-0.25, -0.2) is 9.78 Å². The van der Waals surface area contributed by atoms with E-state index in [9.17, 15) is 4.79 Å². The molecule has 140 valence electrons. The lowest BCUT2D eigenvalue weighted by molar-refractivity contribution is 0.0531. The first-order valence-electron chi connectivity index (χ1n) is 9.68. The molecule has 0 N–H and O–H groups in total. The molecule has 6 heteroatoms. The Labute approximate surface area is 155 Å². The van der Waals surface area contributed by atoms with Crippen molar-refractivity contribution in [3.8, 4) is 0 Å². The zero-order valence-electron chi connectivity index (χ0n) is 15.8. The number of aryl methyl sites for hydroxylation is 1. The zero-order chi connectivity index (χ0) is 17.8. The third-order valence-corrected chi connectivity index (χ3v) is 6.63. The van der Waals surface area contributed by atoms with Gasteiger partial charge in [-0.15, -0.1) is 0 Å². The molecule has 0 amide bonds. The fraction of sp³-hybridized carbons (Fsp3) is 0.789. The normalized spacial score (nSPS) is 23.0. The first-order valence-corrected chi connectivity index (χ1v) is 10.5. The number of carbonyl (C=O) groups is 1. The lowest BCUT2D eigenvalue weighted by Crippen LogP contribution is -2.43. The monoisotopic (exact) mass is 365 g/mol. The van der Waals surface area contributed by atoms with E-state index in [1.807, 2.05) is 13.8 Å². The first-order chi connectivity index (χ1) is 12.1. The Bertz CT molecular complexity index is 581. The van der Waals surface area contributed by atoms with Crippen LogP contribution in [0.5, 0.6) is 0 Å². The summed E-state index contributed by atoms with van der Waals surface area (Å²) in [5.41, 5.74) is 0.797. The van der Waals surface area contributed by atoms with Crippen molar-refractivity contribution in [1.29, 1.82) is 0 Å². The van der Waals surface area contributed by atoms with Gasteiger partial charge >= 0.3 is 5.97 Å². The van der Waals surface area contributed by atoms with Crippen molar-refractivity contribution in [3.63, 3.8) is 0 Å². The summed E-state index contributed by atoms with van der Waals surface area (Å²) in [4.78, 5) is 22.4. The fourth-order valence-corrected chi connectivity index (χ4v) is 4.90. The summed E-state index contributed by atoms with van der Waals surface area (Å²) in [7, 11) is 0. The minimum Gasteiger partial charge on any atom is -0.462 e. The second-order valence-electron chi connectivity index (χ2n) is 7.57. The third kappa shape index (κ3) is 4.73. The summed E-state index contributed by atoms with van der Waals surface area (Å²) in [5.74, 6) is 1.36. The summed E-state index contributed by atoms with van der Waals surface area (Å²) >= 11 is 1.49. The average molecular weight is 366 g/mol. The van der Waals surface area contributed by atoms with Crippen LogP contribution in [0.2, 0.25) is 0 Å². The largest absolute Gasteiger partial charge is 0.462 e. The molecule has 2 fully saturated rings. The number of rotatable bonds is 5. The molecule has 0 saturated carbocycles. The van der Waals surface area contributed by atoms with Crippen molar-refractivity contribution < 1.29 is 9.53 Å². The molecule has 2 saturated heterocycles. The van der Waals surface area contributed by atoms with Crippen LogP contribution >= 0.6 is 11.3 Å². The number of nitrogens with zero attached hydrogens (tertiary/aromatic N) is 3. The molecule has 1 atom stereocenters. The summed E-state index contributed by atoms with van der Waals surface area (Å²) in [5, 5.41) is 0.984. The van der Waals surface area contributed by atoms with Gasteiger partial charge in [0.15, 0.2) is 5.13 Å². The summed E-state index contributed by atoms with van der Waals surface area (Å²) in [6.45, 7) is 12.3. The van der Waals surface area contributed by atoms with Gasteiger partial charge in [0.05, 0.1) is 12.3 Å². The van der Waals surface area contributed by atoms with Crippen molar-refractivity contribution in [2.45, 2.75) is 46.5 Å². The molecule has 3 rings (SSSR count). The van der Waals surface area contributed by atoms with E-state index in [0.29, 0.717) is 17.4 Å². The highest BCUT2D eigenvalue weighted by Crippen LogP contribution is 2.31. The van der Waals surface area contributed by atoms with E-state index in [2.05, 4.69) is 21.7 Å². The lowest BCUT2D eigenvalue weighted by Gasteiger charge is -2.37. The van der Waals surface area contributed by atoms with Gasteiger partial charge in [-0.1, -0.05) is 18.3 Å². The number of hydrogen-bond donors (Lipinski definition) is 0. The molecule has 5 nitrogen and oxygen atoms in total. The van der Waals surface area contributed by atoms with Crippen LogP contribution in [0.1, 0.15) is 54.9 Å². The maximum absolute atomic E-state index is 12.0. The molecule has 0 radical (unpaired) electrons. The van der Waals surface area contributed by atoms with Crippen molar-refractivity contribution in [2.24, 2.45) is 11.8 Å². The van der Waals surface area contributed by atoms with Crippen LogP contribution < -0.4 is 4.90 Å². The Balaban J connectivity index is 1.59. The number of piperidine rings is 2. The topological polar surface area (TPSA) is 45.7 Å². The Morgan fingerprint density at radius 3 is 2.76 bits per heavy atom. The van der Waals surface area contributed by atoms with E-state index in [1.165, 1.54) is 56.7 Å². The van der Waals surface area contributed by atoms with E-state index < -0.39 is 0 Å². The van der Waals surface area contributed by atoms with Crippen LogP contribution in [0.3, 0.4) is 0 Å². The van der Waals surface area contributed by atoms with Crippen LogP contribution in [0.25, 0.3) is 0 Å². The predicted octanol–water partition coefficient (Wildman–Crippen LogP) is 3.58. The van der Waals surface area contributed by atoms with Gasteiger partial charge in [0.2, 0.25) is 0 Å². The number of ether oxygens (including phenoxy) is 1. The molecule has 2 aliphatic rings. The number of aromatic nitrogens is 1. The van der Waals surface area contributed by atoms with E-state index in [0.717, 1.165) is 29.8 Å². The highest BCUT2D eigenvalue weighted by molar-refractivity contribution is 7.17. The van der Waals surface area contributed by atoms with Crippen LogP contribution in [0.15, 0.2) is 0 Å². The second-order valence-corrected chi connectivity index (χ2v) is 8.55. The van der Waals surface area contributed by atoms with Gasteiger partial charge in [-0.05, 0) is 64.5 Å². The van der Waals surface area contributed by atoms with Crippen molar-refractivity contribution in [2.75, 3.05) is 44.2 Å². The number of carbonyl (C=O) groups excluding carboxylic acids is 1. The van der Waals surface area contributed by atoms with E-state index >= 15 is 0 Å². The number of likely N-dealkylation sites (tertiary alicyclic amines) is 1. The van der Waals surface area contributed by atoms with Crippen molar-refractivity contribution in [1.82, 2.24) is 9.88 Å². The van der Waals surface area contributed by atoms with Gasteiger partial charge in [0, 0.05) is 19.6 Å². The molecule has 3 heterocycles. The molecular weight excluding hydrogens is 334 g/mol. The maximum atomic E-state index is 12.0. The fourth-order valence-electron chi connectivity index (χ4n) is 3.90. The number of esters is 1. The lowest BCUT2D eigenvalue weighted by atomic mass is 9.94. The molecule has 2 aliphatic heterocycles. The standard InChI is InChI=1S/C19H31N3O2S/c1-4-24-18(23)17-15(3)20-19(25-17)22-9-5-6-16(13-22)12-21-10-7-14(2)8-11-21/h14,16H,4-13H2,1-3H3. The van der Waals surface area contributed by atoms with Gasteiger partial charge in [-0.2, -0.15) is 0 Å². The van der Waals surface area contributed by atoms with Gasteiger partial charge in [-0.3, -0.25) is 0 Å². The van der Waals surface area contributed by atoms with Crippen LogP contribution in [0.4, 0.5) is 5.13 Å². The van der Waals surface area contributed by atoms with Crippen molar-refractivity contribution >= 4 is 22.4 Å². The SMILES string of the molecule is CCOC(=O)c1sc(N2CCCC(CN3CCC(C)CC3)C2)nc1C. The highest BCUT2D eigenvalue weighted by atomic mass is 32.1. The molecule has 1 aromatic rings. The first kappa shape index (κ1) is 18.6. The Hall–Kier alpha value is -1.14. The minimum absolute atomic E-state index is 0.236. The van der Waals surface area contributed by atoms with Gasteiger partial charge < -0.3 is 14.5 Å². The third-order valence-electron chi connectivity index (χ3n) is 5.43. The Kier molecular flexibility index (Phi) is 6.34. The molecule has 0 spiro atoms. The molecule has 25 heavy (non-hydrogen) atoms. The van der Waals surface area contributed by atoms with Crippen LogP contribution in [-0.2, 0) is 4.74 Å². The average Bonchev–Trinajstić information content (AvgIpc) is 2.99. The Morgan fingerprint density at radius 1 is 1.28 bits per heavy atom. The molecule has 1 aromatic heterocycles. The maximum Gasteiger partial charge on any atom is 0.350 e. The highest BCUT2D eigenvalue weighted by Gasteiger charge is 2.27. The van der Waals surface area contributed by atoms with Crippen LogP contribution in [-0.4, -0.2) is 55.2 Å². The summed E-state index contributed by atoms with van der Waals surface area (Å²) < 4.78 is 5.15. The predicted molar refractivity (Wildman–Crippen MR) is 103 cm³/mol. The molecule has 0 aliphatic carbocycles. The molecule has 1 unspecified atom stereocenters. The minimum atomic E-state index is -0.236. The smallest absolute Gasteiger partial charge is 0.350 e. The second kappa shape index (κ2) is 8.49. The van der Waals surface area contributed by atoms with Gasteiger partial charge in [0.25, 0.3) is 0 Å². The van der Waals surface area contributed by atoms with Gasteiger partial charge in [0.1, 0.15) is 4.88 Å². The number of anilines is 1. The quantitative estimate of drug-likeness (QED) is 0.747. The van der Waals surface area contributed by atoms with E-state index in [1.54, 1.807) is 0 Å². The van der Waals surface area contributed by atoms with E-state index in [-0.39, 0.29) is 5.97 Å².